The van der Waals surface area contributed by atoms with Crippen LogP contribution in [0, 0.1) is 27.7 Å². The minimum absolute atomic E-state index is 0.835. The first-order valence-electron chi connectivity index (χ1n) is 41.4. The summed E-state index contributed by atoms with van der Waals surface area (Å²) < 4.78 is 20.6. The third-order valence-electron chi connectivity index (χ3n) is 24.6. The predicted molar refractivity (Wildman–Crippen MR) is 511 cm³/mol. The van der Waals surface area contributed by atoms with Gasteiger partial charge in [0.05, 0.1) is 17.1 Å². The number of nitrogens with zero attached hydrogens (tertiary/aromatic N) is 4. The van der Waals surface area contributed by atoms with Gasteiger partial charge in [0.2, 0.25) is 0 Å². The molecule has 7 heteroatoms. The van der Waals surface area contributed by atoms with E-state index in [0.717, 1.165) is 139 Å². The van der Waals surface area contributed by atoms with E-state index >= 15 is 0 Å². The molecule has 0 saturated carbocycles. The Morgan fingerprint density at radius 1 is 0.182 bits per heavy atom. The molecule has 0 aliphatic heterocycles. The molecule has 3 aromatic heterocycles. The Labute approximate surface area is 700 Å². The van der Waals surface area contributed by atoms with E-state index in [4.69, 9.17) is 13.3 Å². The maximum Gasteiger partial charge on any atom is 0.159 e. The molecule has 0 aliphatic carbocycles. The SMILES string of the molecule is Cc1c(C)c(N(c2ccccc2)c2ccccc2)c(C)c(C)c1-c1ccc2c(c1)c1ccccc1c1c3ccc(N(c4ccccc4)c4cccc5c4oc4ccccc45)cc3oc21.c1ccc(N(c2ccccc2)c2ccc3cc(-c4ccc5c(c4)c4ccccc4c4c6ccc(N(c7ccccc7)c7ccccc7)cc6oc54)ccc3c2)cc1. The largest absolute Gasteiger partial charge is 0.455 e. The molecule has 0 saturated heterocycles. The summed E-state index contributed by atoms with van der Waals surface area (Å²) in [4.78, 5) is 9.27. The van der Waals surface area contributed by atoms with Crippen LogP contribution in [0.25, 0.3) is 142 Å². The van der Waals surface area contributed by atoms with Crippen molar-refractivity contribution in [3.8, 4) is 22.3 Å². The molecule has 574 valence electrons. The molecule has 0 atom stereocenters. The van der Waals surface area contributed by atoms with E-state index in [-0.39, 0.29) is 0 Å². The third-order valence-corrected chi connectivity index (χ3v) is 24.6. The van der Waals surface area contributed by atoms with Crippen LogP contribution in [-0.2, 0) is 0 Å². The number of anilines is 12. The molecule has 0 amide bonds. The van der Waals surface area contributed by atoms with E-state index in [9.17, 15) is 0 Å². The molecule has 7 nitrogen and oxygen atoms in total. The normalized spacial score (nSPS) is 11.6. The van der Waals surface area contributed by atoms with Gasteiger partial charge in [-0.25, -0.2) is 0 Å². The molecular formula is C114H80N4O3. The zero-order valence-electron chi connectivity index (χ0n) is 67.3. The van der Waals surface area contributed by atoms with Crippen molar-refractivity contribution in [2.24, 2.45) is 0 Å². The summed E-state index contributed by atoms with van der Waals surface area (Å²) in [6.07, 6.45) is 0. The van der Waals surface area contributed by atoms with Crippen LogP contribution in [0.3, 0.4) is 0 Å². The lowest BCUT2D eigenvalue weighted by Crippen LogP contribution is -2.15. The van der Waals surface area contributed by atoms with Crippen LogP contribution in [0.5, 0.6) is 0 Å². The van der Waals surface area contributed by atoms with Gasteiger partial charge in [0.1, 0.15) is 27.9 Å². The van der Waals surface area contributed by atoms with Crippen molar-refractivity contribution in [3.05, 3.63) is 435 Å². The van der Waals surface area contributed by atoms with Crippen molar-refractivity contribution < 1.29 is 13.3 Å². The second kappa shape index (κ2) is 29.8. The highest BCUT2D eigenvalue weighted by Gasteiger charge is 2.28. The van der Waals surface area contributed by atoms with Crippen LogP contribution in [0.15, 0.2) is 426 Å². The second-order valence-electron chi connectivity index (χ2n) is 31.5. The fraction of sp³-hybridized carbons (Fsp3) is 0.0351. The zero-order chi connectivity index (χ0) is 80.8. The van der Waals surface area contributed by atoms with Crippen LogP contribution < -0.4 is 19.6 Å². The fourth-order valence-electron chi connectivity index (χ4n) is 18.8. The van der Waals surface area contributed by atoms with E-state index in [2.05, 4.69) is 448 Å². The first-order chi connectivity index (χ1) is 59.7. The molecule has 3 heterocycles. The highest BCUT2D eigenvalue weighted by atomic mass is 16.3. The average molecular weight is 1550 g/mol. The molecule has 23 aromatic rings. The summed E-state index contributed by atoms with van der Waals surface area (Å²) in [7, 11) is 0. The van der Waals surface area contributed by atoms with Gasteiger partial charge >= 0.3 is 0 Å². The number of hydrogen-bond acceptors (Lipinski definition) is 7. The summed E-state index contributed by atoms with van der Waals surface area (Å²) in [5.41, 5.74) is 28.3. The molecule has 0 radical (unpaired) electrons. The zero-order valence-corrected chi connectivity index (χ0v) is 67.3. The Hall–Kier alpha value is -15.7. The lowest BCUT2D eigenvalue weighted by molar-refractivity contribution is 0.668. The molecule has 0 bridgehead atoms. The van der Waals surface area contributed by atoms with Gasteiger partial charge in [0.25, 0.3) is 0 Å². The van der Waals surface area contributed by atoms with E-state index in [1.807, 2.05) is 12.1 Å². The Morgan fingerprint density at radius 3 is 1.00 bits per heavy atom. The fourth-order valence-corrected chi connectivity index (χ4v) is 18.8. The molecule has 0 unspecified atom stereocenters. The van der Waals surface area contributed by atoms with Crippen LogP contribution >= 0.6 is 0 Å². The van der Waals surface area contributed by atoms with Crippen molar-refractivity contribution >= 4 is 188 Å². The number of fused-ring (bicyclic) bond motifs is 20. The van der Waals surface area contributed by atoms with Crippen molar-refractivity contribution in [3.63, 3.8) is 0 Å². The summed E-state index contributed by atoms with van der Waals surface area (Å²) in [5, 5.41) is 18.4. The number of furan rings is 3. The minimum atomic E-state index is 0.835. The number of hydrogen-bond donors (Lipinski definition) is 0. The van der Waals surface area contributed by atoms with E-state index in [1.54, 1.807) is 0 Å². The highest BCUT2D eigenvalue weighted by Crippen LogP contribution is 2.51. The first kappa shape index (κ1) is 71.8. The standard InChI is InChI=1S/C60H44N2O2.C54H36N2O/c1-37-39(3)58(62(43-21-10-6-11-22-43)44-23-12-7-13-24-44)40(4)38(2)56(37)41-31-33-50-52(35-41)46-25-14-15-27-48(46)57-51-34-32-45(36-55(51)64-60(50)57)61(42-19-8-5-9-20-42)53-29-18-28-49-47-26-16-17-30-54(47)63-59(49)53;1-5-15-41(16-6-1)55(42-17-7-2-8-18-42)45-29-27-38-33-37(25-26-39(38)34-45)40-28-31-49-51(35-40)47-23-13-14-24-48(47)53-50-32-30-46(36-52(50)57-54(49)53)56(43-19-9-3-10-20-43)44-21-11-4-12-22-44/h5-36H,1-4H3;1-36H. The summed E-state index contributed by atoms with van der Waals surface area (Å²) in [6, 6.07) is 147. The van der Waals surface area contributed by atoms with Gasteiger partial charge in [-0.15, -0.1) is 0 Å². The molecule has 23 rings (SSSR count). The lowest BCUT2D eigenvalue weighted by atomic mass is 9.86. The lowest BCUT2D eigenvalue weighted by Gasteiger charge is -2.31. The van der Waals surface area contributed by atoms with Crippen LogP contribution in [0.2, 0.25) is 0 Å². The van der Waals surface area contributed by atoms with Gasteiger partial charge in [-0.1, -0.05) is 237 Å². The van der Waals surface area contributed by atoms with Gasteiger partial charge in [-0.2, -0.15) is 0 Å². The molecule has 20 aromatic carbocycles. The number of para-hydroxylation sites is 9. The van der Waals surface area contributed by atoms with Crippen molar-refractivity contribution in [1.29, 1.82) is 0 Å². The smallest absolute Gasteiger partial charge is 0.159 e. The maximum absolute atomic E-state index is 7.07. The molecule has 0 fully saturated rings. The molecule has 0 spiro atoms. The molecule has 0 aliphatic rings. The van der Waals surface area contributed by atoms with Crippen molar-refractivity contribution in [2.45, 2.75) is 27.7 Å². The Morgan fingerprint density at radius 2 is 0.512 bits per heavy atom. The molecule has 0 N–H and O–H groups in total. The van der Waals surface area contributed by atoms with Gasteiger partial charge in [-0.05, 0) is 279 Å². The van der Waals surface area contributed by atoms with Crippen molar-refractivity contribution in [1.82, 2.24) is 0 Å². The van der Waals surface area contributed by atoms with Crippen LogP contribution in [0.4, 0.5) is 68.2 Å². The number of rotatable bonds is 14. The van der Waals surface area contributed by atoms with E-state index in [0.29, 0.717) is 0 Å². The van der Waals surface area contributed by atoms with Crippen LogP contribution in [-0.4, -0.2) is 0 Å². The Balaban J connectivity index is 0.000000146. The number of benzene rings is 20. The maximum atomic E-state index is 7.07. The van der Waals surface area contributed by atoms with E-state index in [1.165, 1.54) is 93.3 Å². The monoisotopic (exact) mass is 1550 g/mol. The summed E-state index contributed by atoms with van der Waals surface area (Å²) in [6.45, 7) is 9.12. The predicted octanol–water partition coefficient (Wildman–Crippen LogP) is 33.3. The first-order valence-corrected chi connectivity index (χ1v) is 41.4. The minimum Gasteiger partial charge on any atom is -0.455 e. The van der Waals surface area contributed by atoms with Crippen LogP contribution in [0.1, 0.15) is 22.3 Å². The average Bonchev–Trinajstić information content (AvgIpc) is 1.58. The van der Waals surface area contributed by atoms with E-state index < -0.39 is 0 Å². The molecular weight excluding hydrogens is 1470 g/mol. The highest BCUT2D eigenvalue weighted by molar-refractivity contribution is 6.32. The van der Waals surface area contributed by atoms with Crippen molar-refractivity contribution in [2.75, 3.05) is 19.6 Å². The Bertz CT molecular complexity index is 7800. The van der Waals surface area contributed by atoms with Gasteiger partial charge in [0, 0.05) is 106 Å². The molecule has 121 heavy (non-hydrogen) atoms. The summed E-state index contributed by atoms with van der Waals surface area (Å²) in [5.74, 6) is 0. The van der Waals surface area contributed by atoms with Gasteiger partial charge in [0.15, 0.2) is 5.58 Å². The third kappa shape index (κ3) is 12.3. The van der Waals surface area contributed by atoms with Gasteiger partial charge in [-0.3, -0.25) is 0 Å². The topological polar surface area (TPSA) is 52.4 Å². The summed E-state index contributed by atoms with van der Waals surface area (Å²) >= 11 is 0. The Kier molecular flexibility index (Phi) is 17.7. The van der Waals surface area contributed by atoms with Gasteiger partial charge < -0.3 is 32.9 Å². The second-order valence-corrected chi connectivity index (χ2v) is 31.5. The quantitative estimate of drug-likeness (QED) is 0.101.